The summed E-state index contributed by atoms with van der Waals surface area (Å²) in [5, 5.41) is 0. The third-order valence-corrected chi connectivity index (χ3v) is 5.10. The number of likely N-dealkylation sites (N-methyl/N-ethyl adjacent to an activating group) is 1. The molecule has 0 atom stereocenters. The topological polar surface area (TPSA) is 13.7 Å². The fourth-order valence-corrected chi connectivity index (χ4v) is 3.39. The predicted molar refractivity (Wildman–Crippen MR) is 98.7 cm³/mol. The third-order valence-electron chi connectivity index (χ3n) is 5.10. The van der Waals surface area contributed by atoms with Gasteiger partial charge in [-0.25, -0.2) is 0 Å². The SMILES string of the molecule is CCc1ccc(C(OCC[NH+](CC)CC)=C2CCCCC2)cc1.[Cl-]. The molecule has 136 valence electrons. The van der Waals surface area contributed by atoms with E-state index in [1.165, 1.54) is 67.7 Å². The smallest absolute Gasteiger partial charge is 0.137 e. The van der Waals surface area contributed by atoms with E-state index < -0.39 is 0 Å². The number of ether oxygens (including phenoxy) is 1. The standard InChI is InChI=1S/C21H33NO.ClH/c1-4-18-12-14-20(15-13-18)21(19-10-8-7-9-11-19)23-17-16-22(5-2)6-3;/h12-15H,4-11,16-17H2,1-3H3;1H. The first-order valence-electron chi connectivity index (χ1n) is 9.56. The number of nitrogens with one attached hydrogen (secondary N) is 1. The van der Waals surface area contributed by atoms with Gasteiger partial charge >= 0.3 is 0 Å². The molecule has 1 saturated carbocycles. The molecule has 24 heavy (non-hydrogen) atoms. The van der Waals surface area contributed by atoms with Crippen molar-refractivity contribution in [3.8, 4) is 0 Å². The Balaban J connectivity index is 0.00000288. The molecule has 0 bridgehead atoms. The van der Waals surface area contributed by atoms with Crippen LogP contribution in [0, 0.1) is 0 Å². The molecule has 1 aliphatic rings. The van der Waals surface area contributed by atoms with Gasteiger partial charge in [0.2, 0.25) is 0 Å². The van der Waals surface area contributed by atoms with Crippen LogP contribution in [0.15, 0.2) is 29.8 Å². The Morgan fingerprint density at radius 3 is 2.12 bits per heavy atom. The Kier molecular flexibility index (Phi) is 10.1. The average molecular weight is 352 g/mol. The molecule has 2 nitrogen and oxygen atoms in total. The number of hydrogen-bond donors (Lipinski definition) is 1. The number of benzene rings is 1. The summed E-state index contributed by atoms with van der Waals surface area (Å²) in [6, 6.07) is 9.00. The fraction of sp³-hybridized carbons (Fsp3) is 0.619. The Morgan fingerprint density at radius 2 is 1.58 bits per heavy atom. The maximum atomic E-state index is 6.33. The van der Waals surface area contributed by atoms with Gasteiger partial charge in [0.25, 0.3) is 0 Å². The minimum absolute atomic E-state index is 0. The number of aryl methyl sites for hydroxylation is 1. The second kappa shape index (κ2) is 11.5. The van der Waals surface area contributed by atoms with Gasteiger partial charge < -0.3 is 22.0 Å². The van der Waals surface area contributed by atoms with Crippen LogP contribution in [-0.4, -0.2) is 26.2 Å². The molecule has 0 heterocycles. The van der Waals surface area contributed by atoms with E-state index in [9.17, 15) is 0 Å². The highest BCUT2D eigenvalue weighted by Gasteiger charge is 2.15. The van der Waals surface area contributed by atoms with Crippen LogP contribution in [0.3, 0.4) is 0 Å². The van der Waals surface area contributed by atoms with Crippen LogP contribution in [0.1, 0.15) is 64.0 Å². The molecule has 0 aromatic heterocycles. The van der Waals surface area contributed by atoms with Gasteiger partial charge in [-0.05, 0) is 57.1 Å². The monoisotopic (exact) mass is 351 g/mol. The molecule has 1 fully saturated rings. The molecule has 0 aliphatic heterocycles. The lowest BCUT2D eigenvalue weighted by Gasteiger charge is -2.22. The zero-order valence-corrected chi connectivity index (χ0v) is 16.4. The molecule has 1 aromatic carbocycles. The molecular weight excluding hydrogens is 318 g/mol. The van der Waals surface area contributed by atoms with E-state index in [-0.39, 0.29) is 12.4 Å². The average Bonchev–Trinajstić information content (AvgIpc) is 2.63. The molecule has 1 aromatic rings. The van der Waals surface area contributed by atoms with Crippen LogP contribution < -0.4 is 17.3 Å². The van der Waals surface area contributed by atoms with Crippen LogP contribution >= 0.6 is 0 Å². The largest absolute Gasteiger partial charge is 1.00 e. The minimum Gasteiger partial charge on any atom is -1.00 e. The van der Waals surface area contributed by atoms with Gasteiger partial charge in [-0.1, -0.05) is 37.6 Å². The van der Waals surface area contributed by atoms with Crippen LogP contribution in [0.5, 0.6) is 0 Å². The van der Waals surface area contributed by atoms with E-state index in [0.717, 1.165) is 19.6 Å². The van der Waals surface area contributed by atoms with Crippen molar-refractivity contribution in [2.45, 2.75) is 59.3 Å². The molecule has 0 spiro atoms. The quantitative estimate of drug-likeness (QED) is 0.686. The molecule has 1 N–H and O–H groups in total. The van der Waals surface area contributed by atoms with Crippen molar-refractivity contribution in [3.05, 3.63) is 41.0 Å². The van der Waals surface area contributed by atoms with Crippen molar-refractivity contribution in [3.63, 3.8) is 0 Å². The highest BCUT2D eigenvalue weighted by molar-refractivity contribution is 5.63. The normalized spacial score (nSPS) is 14.4. The van der Waals surface area contributed by atoms with E-state index in [2.05, 4.69) is 45.0 Å². The number of allylic oxidation sites excluding steroid dienone is 1. The van der Waals surface area contributed by atoms with E-state index in [0.29, 0.717) is 0 Å². The lowest BCUT2D eigenvalue weighted by molar-refractivity contribution is -0.896. The van der Waals surface area contributed by atoms with Gasteiger partial charge in [0.05, 0.1) is 13.1 Å². The summed E-state index contributed by atoms with van der Waals surface area (Å²) in [6.45, 7) is 11.0. The molecule has 3 heteroatoms. The summed E-state index contributed by atoms with van der Waals surface area (Å²) < 4.78 is 6.33. The maximum Gasteiger partial charge on any atom is 0.137 e. The zero-order chi connectivity index (χ0) is 16.5. The van der Waals surface area contributed by atoms with Crippen LogP contribution in [0.4, 0.5) is 0 Å². The van der Waals surface area contributed by atoms with Gasteiger partial charge in [0.15, 0.2) is 0 Å². The number of hydrogen-bond acceptors (Lipinski definition) is 1. The van der Waals surface area contributed by atoms with Gasteiger partial charge in [0, 0.05) is 5.56 Å². The fourth-order valence-electron chi connectivity index (χ4n) is 3.39. The van der Waals surface area contributed by atoms with Crippen molar-refractivity contribution in [1.29, 1.82) is 0 Å². The number of rotatable bonds is 8. The number of halogens is 1. The van der Waals surface area contributed by atoms with Gasteiger partial charge in [-0.2, -0.15) is 0 Å². The summed E-state index contributed by atoms with van der Waals surface area (Å²) in [5.41, 5.74) is 4.21. The second-order valence-corrected chi connectivity index (χ2v) is 6.60. The third kappa shape index (κ3) is 6.14. The van der Waals surface area contributed by atoms with Gasteiger partial charge in [-0.3, -0.25) is 0 Å². The van der Waals surface area contributed by atoms with E-state index in [1.807, 2.05) is 0 Å². The maximum absolute atomic E-state index is 6.33. The summed E-state index contributed by atoms with van der Waals surface area (Å²) in [5.74, 6) is 1.18. The Morgan fingerprint density at radius 1 is 0.958 bits per heavy atom. The molecule has 1 aliphatic carbocycles. The molecular formula is C21H34ClNO. The molecule has 0 saturated heterocycles. The van der Waals surface area contributed by atoms with Crippen molar-refractivity contribution in [1.82, 2.24) is 0 Å². The zero-order valence-electron chi connectivity index (χ0n) is 15.7. The lowest BCUT2D eigenvalue weighted by atomic mass is 9.92. The van der Waals surface area contributed by atoms with Gasteiger partial charge in [-0.15, -0.1) is 0 Å². The van der Waals surface area contributed by atoms with E-state index in [1.54, 1.807) is 4.90 Å². The predicted octanol–water partition coefficient (Wildman–Crippen LogP) is 0.870. The Bertz CT molecular complexity index is 483. The highest BCUT2D eigenvalue weighted by atomic mass is 35.5. The lowest BCUT2D eigenvalue weighted by Crippen LogP contribution is -3.11. The Labute approximate surface area is 154 Å². The van der Waals surface area contributed by atoms with E-state index >= 15 is 0 Å². The molecule has 2 rings (SSSR count). The van der Waals surface area contributed by atoms with Crippen molar-refractivity contribution in [2.75, 3.05) is 26.2 Å². The van der Waals surface area contributed by atoms with E-state index in [4.69, 9.17) is 4.74 Å². The summed E-state index contributed by atoms with van der Waals surface area (Å²) in [4.78, 5) is 1.61. The Hall–Kier alpha value is -0.990. The van der Waals surface area contributed by atoms with Crippen LogP contribution in [0.25, 0.3) is 5.76 Å². The summed E-state index contributed by atoms with van der Waals surface area (Å²) in [6.07, 6.45) is 7.52. The van der Waals surface area contributed by atoms with Crippen molar-refractivity contribution < 1.29 is 22.0 Å². The van der Waals surface area contributed by atoms with Crippen molar-refractivity contribution in [2.24, 2.45) is 0 Å². The molecule has 0 unspecified atom stereocenters. The molecule has 0 amide bonds. The first-order valence-corrected chi connectivity index (χ1v) is 9.56. The molecule has 0 radical (unpaired) electrons. The van der Waals surface area contributed by atoms with Crippen molar-refractivity contribution >= 4 is 5.76 Å². The first-order chi connectivity index (χ1) is 11.3. The first kappa shape index (κ1) is 21.1. The number of quaternary nitrogens is 1. The highest BCUT2D eigenvalue weighted by Crippen LogP contribution is 2.31. The van der Waals surface area contributed by atoms with Gasteiger partial charge in [0.1, 0.15) is 18.9 Å². The second-order valence-electron chi connectivity index (χ2n) is 6.60. The summed E-state index contributed by atoms with van der Waals surface area (Å²) >= 11 is 0. The summed E-state index contributed by atoms with van der Waals surface area (Å²) in [7, 11) is 0. The van der Waals surface area contributed by atoms with Crippen LogP contribution in [-0.2, 0) is 11.2 Å². The van der Waals surface area contributed by atoms with Crippen LogP contribution in [0.2, 0.25) is 0 Å². The minimum atomic E-state index is 0.